The van der Waals surface area contributed by atoms with E-state index in [1.165, 1.54) is 0 Å². The van der Waals surface area contributed by atoms with E-state index in [1.54, 1.807) is 18.2 Å². The van der Waals surface area contributed by atoms with Crippen molar-refractivity contribution in [2.45, 2.75) is 18.9 Å². The zero-order chi connectivity index (χ0) is 13.4. The number of benzene rings is 1. The highest BCUT2D eigenvalue weighted by Crippen LogP contribution is 2.29. The summed E-state index contributed by atoms with van der Waals surface area (Å²) < 4.78 is 0. The van der Waals surface area contributed by atoms with Gasteiger partial charge in [-0.25, -0.2) is 0 Å². The Balaban J connectivity index is 1.81. The Morgan fingerprint density at radius 1 is 1.26 bits per heavy atom. The fraction of sp³-hybridized carbons (Fsp3) is 0.500. The quantitative estimate of drug-likeness (QED) is 0.865. The fourth-order valence-electron chi connectivity index (χ4n) is 3.09. The van der Waals surface area contributed by atoms with E-state index in [1.807, 2.05) is 4.90 Å². The summed E-state index contributed by atoms with van der Waals surface area (Å²) in [7, 11) is 0. The molecule has 1 aromatic rings. The number of hydrogen-bond donors (Lipinski definition) is 1. The number of carbonyl (C=O) groups is 1. The van der Waals surface area contributed by atoms with Gasteiger partial charge in [0.05, 0.1) is 15.6 Å². The van der Waals surface area contributed by atoms with Crippen LogP contribution in [0, 0.1) is 5.92 Å². The van der Waals surface area contributed by atoms with Crippen molar-refractivity contribution in [1.29, 1.82) is 0 Å². The van der Waals surface area contributed by atoms with E-state index in [0.717, 1.165) is 32.5 Å². The molecule has 1 amide bonds. The topological polar surface area (TPSA) is 32.3 Å². The second-order valence-electron chi connectivity index (χ2n) is 5.25. The van der Waals surface area contributed by atoms with Crippen LogP contribution in [0.25, 0.3) is 0 Å². The van der Waals surface area contributed by atoms with Gasteiger partial charge in [0.1, 0.15) is 0 Å². The van der Waals surface area contributed by atoms with Crippen LogP contribution in [-0.2, 0) is 0 Å². The molecule has 1 aromatic carbocycles. The zero-order valence-electron chi connectivity index (χ0n) is 10.5. The molecule has 1 N–H and O–H groups in total. The molecule has 2 fully saturated rings. The SMILES string of the molecule is O=C(c1c(Cl)cccc1Cl)N1CCC2NCCC2C1. The fourth-order valence-corrected chi connectivity index (χ4v) is 3.65. The van der Waals surface area contributed by atoms with E-state index in [4.69, 9.17) is 23.2 Å². The highest BCUT2D eigenvalue weighted by atomic mass is 35.5. The normalized spacial score (nSPS) is 26.3. The highest BCUT2D eigenvalue weighted by Gasteiger charge is 2.35. The van der Waals surface area contributed by atoms with E-state index in [-0.39, 0.29) is 5.91 Å². The molecule has 2 saturated heterocycles. The second-order valence-corrected chi connectivity index (χ2v) is 6.06. The number of nitrogens with one attached hydrogen (secondary N) is 1. The molecule has 102 valence electrons. The highest BCUT2D eigenvalue weighted by molar-refractivity contribution is 6.39. The van der Waals surface area contributed by atoms with Crippen molar-refractivity contribution in [3.05, 3.63) is 33.8 Å². The van der Waals surface area contributed by atoms with Crippen molar-refractivity contribution < 1.29 is 4.79 Å². The molecular formula is C14H16Cl2N2O. The second kappa shape index (κ2) is 5.31. The molecule has 0 radical (unpaired) electrons. The van der Waals surface area contributed by atoms with Gasteiger partial charge >= 0.3 is 0 Å². The number of likely N-dealkylation sites (tertiary alicyclic amines) is 1. The number of hydrogen-bond acceptors (Lipinski definition) is 2. The van der Waals surface area contributed by atoms with Crippen molar-refractivity contribution in [3.63, 3.8) is 0 Å². The van der Waals surface area contributed by atoms with Crippen LogP contribution in [0.3, 0.4) is 0 Å². The standard InChI is InChI=1S/C14H16Cl2N2O/c15-10-2-1-3-11(16)13(10)14(19)18-7-5-12-9(8-18)4-6-17-12/h1-3,9,12,17H,4-8H2. The largest absolute Gasteiger partial charge is 0.338 e. The van der Waals surface area contributed by atoms with Gasteiger partial charge in [-0.3, -0.25) is 4.79 Å². The molecule has 3 nitrogen and oxygen atoms in total. The number of fused-ring (bicyclic) bond motifs is 1. The number of carbonyl (C=O) groups excluding carboxylic acids is 1. The number of halogens is 2. The molecule has 3 rings (SSSR count). The molecule has 0 spiro atoms. The molecule has 0 aliphatic carbocycles. The summed E-state index contributed by atoms with van der Waals surface area (Å²) in [5.74, 6) is 0.528. The number of piperidine rings is 1. The molecule has 2 atom stereocenters. The minimum atomic E-state index is -0.0408. The first-order valence-electron chi connectivity index (χ1n) is 6.63. The average molecular weight is 299 g/mol. The average Bonchev–Trinajstić information content (AvgIpc) is 2.85. The minimum absolute atomic E-state index is 0.0408. The van der Waals surface area contributed by atoms with E-state index in [0.29, 0.717) is 27.6 Å². The predicted octanol–water partition coefficient (Wildman–Crippen LogP) is 2.82. The van der Waals surface area contributed by atoms with Crippen molar-refractivity contribution in [2.75, 3.05) is 19.6 Å². The van der Waals surface area contributed by atoms with Crippen LogP contribution < -0.4 is 5.32 Å². The Kier molecular flexibility index (Phi) is 3.70. The molecule has 2 aliphatic rings. The lowest BCUT2D eigenvalue weighted by atomic mass is 9.93. The molecule has 19 heavy (non-hydrogen) atoms. The van der Waals surface area contributed by atoms with Gasteiger partial charge in [-0.2, -0.15) is 0 Å². The monoisotopic (exact) mass is 298 g/mol. The summed E-state index contributed by atoms with van der Waals surface area (Å²) in [6.07, 6.45) is 2.16. The first-order chi connectivity index (χ1) is 9.16. The summed E-state index contributed by atoms with van der Waals surface area (Å²) in [4.78, 5) is 14.5. The molecule has 2 unspecified atom stereocenters. The molecule has 5 heteroatoms. The third kappa shape index (κ3) is 2.47. The summed E-state index contributed by atoms with van der Waals surface area (Å²) in [5, 5.41) is 4.36. The van der Waals surface area contributed by atoms with Crippen molar-refractivity contribution in [1.82, 2.24) is 10.2 Å². The van der Waals surface area contributed by atoms with Crippen molar-refractivity contribution >= 4 is 29.1 Å². The van der Waals surface area contributed by atoms with Crippen LogP contribution >= 0.6 is 23.2 Å². The van der Waals surface area contributed by atoms with E-state index < -0.39 is 0 Å². The minimum Gasteiger partial charge on any atom is -0.338 e. The van der Waals surface area contributed by atoms with Gasteiger partial charge in [-0.1, -0.05) is 29.3 Å². The summed E-state index contributed by atoms with van der Waals surface area (Å²) in [6, 6.07) is 5.76. The Labute approximate surface area is 122 Å². The number of nitrogens with zero attached hydrogens (tertiary/aromatic N) is 1. The molecule has 2 heterocycles. The Hall–Kier alpha value is -0.770. The maximum atomic E-state index is 12.6. The van der Waals surface area contributed by atoms with E-state index in [2.05, 4.69) is 5.32 Å². The number of rotatable bonds is 1. The molecule has 0 saturated carbocycles. The smallest absolute Gasteiger partial charge is 0.256 e. The van der Waals surface area contributed by atoms with Crippen LogP contribution in [0.4, 0.5) is 0 Å². The number of amides is 1. The maximum Gasteiger partial charge on any atom is 0.256 e. The van der Waals surface area contributed by atoms with Gasteiger partial charge in [-0.15, -0.1) is 0 Å². The maximum absolute atomic E-state index is 12.6. The predicted molar refractivity (Wildman–Crippen MR) is 76.9 cm³/mol. The lowest BCUT2D eigenvalue weighted by molar-refractivity contribution is 0.0662. The van der Waals surface area contributed by atoms with Gasteiger partial charge in [-0.05, 0) is 37.4 Å². The lowest BCUT2D eigenvalue weighted by Crippen LogP contribution is -2.47. The Bertz CT molecular complexity index is 486. The Morgan fingerprint density at radius 2 is 2.00 bits per heavy atom. The first-order valence-corrected chi connectivity index (χ1v) is 7.39. The van der Waals surface area contributed by atoms with E-state index in [9.17, 15) is 4.79 Å². The summed E-state index contributed by atoms with van der Waals surface area (Å²) in [5.41, 5.74) is 0.440. The third-order valence-corrected chi connectivity index (χ3v) is 4.75. The van der Waals surface area contributed by atoms with Crippen LogP contribution in [0.5, 0.6) is 0 Å². The van der Waals surface area contributed by atoms with Gasteiger partial charge in [0.2, 0.25) is 0 Å². The van der Waals surface area contributed by atoms with Crippen LogP contribution in [-0.4, -0.2) is 36.5 Å². The Morgan fingerprint density at radius 3 is 2.74 bits per heavy atom. The zero-order valence-corrected chi connectivity index (χ0v) is 12.0. The van der Waals surface area contributed by atoms with Gasteiger partial charge in [0.15, 0.2) is 0 Å². The lowest BCUT2D eigenvalue weighted by Gasteiger charge is -2.35. The molecule has 2 aliphatic heterocycles. The van der Waals surface area contributed by atoms with Gasteiger partial charge in [0.25, 0.3) is 5.91 Å². The van der Waals surface area contributed by atoms with Crippen molar-refractivity contribution in [3.8, 4) is 0 Å². The van der Waals surface area contributed by atoms with E-state index >= 15 is 0 Å². The van der Waals surface area contributed by atoms with Gasteiger partial charge < -0.3 is 10.2 Å². The third-order valence-electron chi connectivity index (χ3n) is 4.12. The molecule has 0 bridgehead atoms. The van der Waals surface area contributed by atoms with Crippen LogP contribution in [0.1, 0.15) is 23.2 Å². The molecule has 0 aromatic heterocycles. The molecular weight excluding hydrogens is 283 g/mol. The van der Waals surface area contributed by atoms with Crippen LogP contribution in [0.15, 0.2) is 18.2 Å². The van der Waals surface area contributed by atoms with Gasteiger partial charge in [0, 0.05) is 19.1 Å². The summed E-state index contributed by atoms with van der Waals surface area (Å²) in [6.45, 7) is 2.64. The van der Waals surface area contributed by atoms with Crippen LogP contribution in [0.2, 0.25) is 10.0 Å². The summed E-state index contributed by atoms with van der Waals surface area (Å²) >= 11 is 12.2. The van der Waals surface area contributed by atoms with Crippen molar-refractivity contribution in [2.24, 2.45) is 5.92 Å². The first kappa shape index (κ1) is 13.2.